The van der Waals surface area contributed by atoms with Crippen molar-refractivity contribution in [1.82, 2.24) is 14.6 Å². The standard InChI is InChI=1S/C16H14ClN3O/c17-15-13-7-4-8-14(13)19-16-11(9-18-20(15)16)10-21-12-5-2-1-3-6-12/h1-3,5-6,9H,4,7-8,10H2. The molecule has 4 rings (SSSR count). The van der Waals surface area contributed by atoms with Crippen LogP contribution in [-0.2, 0) is 19.4 Å². The molecule has 1 aliphatic rings. The summed E-state index contributed by atoms with van der Waals surface area (Å²) < 4.78 is 7.50. The normalized spacial score (nSPS) is 13.6. The molecule has 0 bridgehead atoms. The van der Waals surface area contributed by atoms with E-state index in [1.54, 1.807) is 10.7 Å². The van der Waals surface area contributed by atoms with Gasteiger partial charge >= 0.3 is 0 Å². The van der Waals surface area contributed by atoms with Gasteiger partial charge in [0, 0.05) is 11.3 Å². The Bertz CT molecular complexity index is 798. The summed E-state index contributed by atoms with van der Waals surface area (Å²) in [6.07, 6.45) is 4.89. The number of fused-ring (bicyclic) bond motifs is 2. The van der Waals surface area contributed by atoms with E-state index in [0.717, 1.165) is 47.5 Å². The van der Waals surface area contributed by atoms with Crippen LogP contribution in [0.4, 0.5) is 0 Å². The van der Waals surface area contributed by atoms with Gasteiger partial charge in [-0.05, 0) is 31.4 Å². The van der Waals surface area contributed by atoms with Gasteiger partial charge in [-0.3, -0.25) is 0 Å². The summed E-state index contributed by atoms with van der Waals surface area (Å²) in [4.78, 5) is 4.72. The monoisotopic (exact) mass is 299 g/mol. The number of hydrogen-bond donors (Lipinski definition) is 0. The van der Waals surface area contributed by atoms with Gasteiger partial charge in [0.2, 0.25) is 0 Å². The molecule has 0 saturated carbocycles. The van der Waals surface area contributed by atoms with Gasteiger partial charge in [0.05, 0.1) is 11.8 Å². The van der Waals surface area contributed by atoms with Gasteiger partial charge in [-0.2, -0.15) is 5.10 Å². The molecular formula is C16H14ClN3O. The first-order chi connectivity index (χ1) is 10.3. The Labute approximate surface area is 127 Å². The topological polar surface area (TPSA) is 39.4 Å². The summed E-state index contributed by atoms with van der Waals surface area (Å²) >= 11 is 6.44. The zero-order chi connectivity index (χ0) is 14.2. The molecule has 0 N–H and O–H groups in total. The SMILES string of the molecule is Clc1c2c(nc3c(COc4ccccc4)cnn13)CCC2. The Kier molecular flexibility index (Phi) is 3.04. The van der Waals surface area contributed by atoms with Crippen LogP contribution in [0.2, 0.25) is 5.15 Å². The van der Waals surface area contributed by atoms with Crippen LogP contribution in [0.1, 0.15) is 23.2 Å². The van der Waals surface area contributed by atoms with Crippen molar-refractivity contribution in [3.63, 3.8) is 0 Å². The van der Waals surface area contributed by atoms with Crippen LogP contribution in [0.25, 0.3) is 5.65 Å². The number of aromatic nitrogens is 3. The molecule has 2 aromatic heterocycles. The maximum absolute atomic E-state index is 6.44. The van der Waals surface area contributed by atoms with Crippen molar-refractivity contribution in [3.05, 3.63) is 58.5 Å². The van der Waals surface area contributed by atoms with Crippen molar-refractivity contribution in [2.45, 2.75) is 25.9 Å². The molecule has 5 heteroatoms. The van der Waals surface area contributed by atoms with Crippen molar-refractivity contribution in [3.8, 4) is 5.75 Å². The first-order valence-corrected chi connectivity index (χ1v) is 7.42. The third kappa shape index (κ3) is 2.16. The summed E-state index contributed by atoms with van der Waals surface area (Å²) in [5.74, 6) is 0.837. The van der Waals surface area contributed by atoms with Crippen molar-refractivity contribution < 1.29 is 4.74 Å². The lowest BCUT2D eigenvalue weighted by Gasteiger charge is -2.07. The lowest BCUT2D eigenvalue weighted by molar-refractivity contribution is 0.307. The van der Waals surface area contributed by atoms with Gasteiger partial charge < -0.3 is 4.74 Å². The second kappa shape index (κ2) is 5.04. The number of ether oxygens (including phenoxy) is 1. The highest BCUT2D eigenvalue weighted by atomic mass is 35.5. The lowest BCUT2D eigenvalue weighted by Crippen LogP contribution is -2.02. The largest absolute Gasteiger partial charge is 0.489 e. The van der Waals surface area contributed by atoms with Crippen LogP contribution < -0.4 is 4.74 Å². The average molecular weight is 300 g/mol. The third-order valence-electron chi connectivity index (χ3n) is 3.82. The Morgan fingerprint density at radius 2 is 2.05 bits per heavy atom. The fraction of sp³-hybridized carbons (Fsp3) is 0.250. The van der Waals surface area contributed by atoms with E-state index in [9.17, 15) is 0 Å². The second-order valence-corrected chi connectivity index (χ2v) is 5.55. The molecule has 1 aliphatic carbocycles. The maximum Gasteiger partial charge on any atom is 0.163 e. The molecule has 0 saturated heterocycles. The van der Waals surface area contributed by atoms with E-state index in [4.69, 9.17) is 21.3 Å². The van der Waals surface area contributed by atoms with Crippen molar-refractivity contribution >= 4 is 17.2 Å². The fourth-order valence-corrected chi connectivity index (χ4v) is 3.07. The first kappa shape index (κ1) is 12.7. The minimum absolute atomic E-state index is 0.440. The number of nitrogens with zero attached hydrogens (tertiary/aromatic N) is 3. The average Bonchev–Trinajstić information content (AvgIpc) is 3.14. The number of aryl methyl sites for hydroxylation is 1. The third-order valence-corrected chi connectivity index (χ3v) is 4.21. The van der Waals surface area contributed by atoms with Crippen LogP contribution in [0.15, 0.2) is 36.5 Å². The molecule has 0 fully saturated rings. The van der Waals surface area contributed by atoms with E-state index in [-0.39, 0.29) is 0 Å². The molecule has 106 valence electrons. The minimum Gasteiger partial charge on any atom is -0.489 e. The van der Waals surface area contributed by atoms with E-state index >= 15 is 0 Å². The summed E-state index contributed by atoms with van der Waals surface area (Å²) in [5.41, 5.74) is 4.00. The molecule has 0 aliphatic heterocycles. The summed E-state index contributed by atoms with van der Waals surface area (Å²) in [5, 5.41) is 5.04. The van der Waals surface area contributed by atoms with Crippen molar-refractivity contribution in [2.75, 3.05) is 0 Å². The van der Waals surface area contributed by atoms with E-state index < -0.39 is 0 Å². The van der Waals surface area contributed by atoms with Crippen LogP contribution in [0.5, 0.6) is 5.75 Å². The molecule has 3 aromatic rings. The highest BCUT2D eigenvalue weighted by Gasteiger charge is 2.20. The van der Waals surface area contributed by atoms with E-state index in [0.29, 0.717) is 11.8 Å². The number of benzene rings is 1. The molecule has 1 aromatic carbocycles. The van der Waals surface area contributed by atoms with Crippen molar-refractivity contribution in [2.24, 2.45) is 0 Å². The smallest absolute Gasteiger partial charge is 0.163 e. The predicted octanol–water partition coefficient (Wildman–Crippen LogP) is 3.45. The van der Waals surface area contributed by atoms with Crippen molar-refractivity contribution in [1.29, 1.82) is 0 Å². The number of halogens is 1. The first-order valence-electron chi connectivity index (χ1n) is 7.04. The molecule has 0 atom stereocenters. The van der Waals surface area contributed by atoms with E-state index in [1.807, 2.05) is 30.3 Å². The molecule has 21 heavy (non-hydrogen) atoms. The highest BCUT2D eigenvalue weighted by Crippen LogP contribution is 2.29. The van der Waals surface area contributed by atoms with Gasteiger partial charge in [-0.1, -0.05) is 29.8 Å². The molecule has 2 heterocycles. The van der Waals surface area contributed by atoms with Gasteiger partial charge in [-0.15, -0.1) is 0 Å². The van der Waals surface area contributed by atoms with Gasteiger partial charge in [0.15, 0.2) is 5.65 Å². The second-order valence-electron chi connectivity index (χ2n) is 5.19. The molecule has 0 radical (unpaired) electrons. The van der Waals surface area contributed by atoms with E-state index in [1.165, 1.54) is 0 Å². The fourth-order valence-electron chi connectivity index (χ4n) is 2.75. The summed E-state index contributed by atoms with van der Waals surface area (Å²) in [6, 6.07) is 9.74. The summed E-state index contributed by atoms with van der Waals surface area (Å²) in [6.45, 7) is 0.440. The number of hydrogen-bond acceptors (Lipinski definition) is 3. The Morgan fingerprint density at radius 1 is 1.19 bits per heavy atom. The van der Waals surface area contributed by atoms with E-state index in [2.05, 4.69) is 5.10 Å². The number of para-hydroxylation sites is 1. The molecule has 0 amide bonds. The predicted molar refractivity (Wildman–Crippen MR) is 80.8 cm³/mol. The minimum atomic E-state index is 0.440. The Morgan fingerprint density at radius 3 is 2.90 bits per heavy atom. The van der Waals surface area contributed by atoms with Crippen LogP contribution in [-0.4, -0.2) is 14.6 Å². The molecule has 0 unspecified atom stereocenters. The van der Waals surface area contributed by atoms with Gasteiger partial charge in [-0.25, -0.2) is 9.50 Å². The van der Waals surface area contributed by atoms with Crippen LogP contribution in [0.3, 0.4) is 0 Å². The van der Waals surface area contributed by atoms with Gasteiger partial charge in [0.1, 0.15) is 17.5 Å². The molecular weight excluding hydrogens is 286 g/mol. The quantitative estimate of drug-likeness (QED) is 0.695. The van der Waals surface area contributed by atoms with Gasteiger partial charge in [0.25, 0.3) is 0 Å². The van der Waals surface area contributed by atoms with Crippen LogP contribution in [0, 0.1) is 0 Å². The Hall–Kier alpha value is -2.07. The highest BCUT2D eigenvalue weighted by molar-refractivity contribution is 6.30. The molecule has 4 nitrogen and oxygen atoms in total. The number of rotatable bonds is 3. The summed E-state index contributed by atoms with van der Waals surface area (Å²) in [7, 11) is 0. The zero-order valence-electron chi connectivity index (χ0n) is 11.4. The van der Waals surface area contributed by atoms with Crippen LogP contribution >= 0.6 is 11.6 Å². The molecule has 0 spiro atoms. The maximum atomic E-state index is 6.44. The zero-order valence-corrected chi connectivity index (χ0v) is 12.2. The Balaban J connectivity index is 1.69. The lowest BCUT2D eigenvalue weighted by atomic mass is 10.2.